The normalized spacial score (nSPS) is 12.4. The summed E-state index contributed by atoms with van der Waals surface area (Å²) in [7, 11) is 0. The van der Waals surface area contributed by atoms with Crippen molar-refractivity contribution in [2.45, 2.75) is 26.3 Å². The number of aryl methyl sites for hydroxylation is 1. The first kappa shape index (κ1) is 15.0. The minimum atomic E-state index is -0.291. The van der Waals surface area contributed by atoms with E-state index >= 15 is 0 Å². The first-order valence-electron chi connectivity index (χ1n) is 6.49. The van der Waals surface area contributed by atoms with Crippen LogP contribution < -0.4 is 11.3 Å². The van der Waals surface area contributed by atoms with Crippen LogP contribution in [-0.4, -0.2) is 0 Å². The molecule has 0 saturated heterocycles. The van der Waals surface area contributed by atoms with Crippen molar-refractivity contribution < 1.29 is 4.39 Å². The Hall–Kier alpha value is -1.42. The second-order valence-corrected chi connectivity index (χ2v) is 5.36. The van der Waals surface area contributed by atoms with Crippen LogP contribution in [0.1, 0.15) is 28.3 Å². The van der Waals surface area contributed by atoms with Crippen molar-refractivity contribution in [3.63, 3.8) is 0 Å². The van der Waals surface area contributed by atoms with Gasteiger partial charge in [-0.3, -0.25) is 11.3 Å². The number of hydrazine groups is 1. The van der Waals surface area contributed by atoms with Crippen molar-refractivity contribution in [3.05, 3.63) is 69.5 Å². The fraction of sp³-hybridized carbons (Fsp3) is 0.250. The summed E-state index contributed by atoms with van der Waals surface area (Å²) >= 11 is 6.12. The molecule has 20 heavy (non-hydrogen) atoms. The summed E-state index contributed by atoms with van der Waals surface area (Å²) < 4.78 is 13.3. The summed E-state index contributed by atoms with van der Waals surface area (Å²) in [5, 5.41) is 0.553. The largest absolute Gasteiger partial charge is 0.271 e. The van der Waals surface area contributed by atoms with Crippen LogP contribution in [0.25, 0.3) is 0 Å². The van der Waals surface area contributed by atoms with E-state index < -0.39 is 0 Å². The van der Waals surface area contributed by atoms with Gasteiger partial charge in [0.2, 0.25) is 0 Å². The molecule has 1 atom stereocenters. The van der Waals surface area contributed by atoms with Crippen molar-refractivity contribution in [2.75, 3.05) is 0 Å². The fourth-order valence-corrected chi connectivity index (χ4v) is 2.52. The van der Waals surface area contributed by atoms with Gasteiger partial charge in [0.1, 0.15) is 5.82 Å². The fourth-order valence-electron chi connectivity index (χ4n) is 2.33. The second kappa shape index (κ2) is 6.35. The number of nitrogens with one attached hydrogen (secondary N) is 1. The summed E-state index contributed by atoms with van der Waals surface area (Å²) in [4.78, 5) is 0. The van der Waals surface area contributed by atoms with Crippen molar-refractivity contribution in [3.8, 4) is 0 Å². The van der Waals surface area contributed by atoms with Gasteiger partial charge in [-0.25, -0.2) is 4.39 Å². The Balaban J connectivity index is 2.34. The van der Waals surface area contributed by atoms with E-state index in [2.05, 4.69) is 25.3 Å². The lowest BCUT2D eigenvalue weighted by Crippen LogP contribution is -2.30. The van der Waals surface area contributed by atoms with Crippen LogP contribution in [0.4, 0.5) is 4.39 Å². The lowest BCUT2D eigenvalue weighted by Gasteiger charge is -2.20. The SMILES string of the molecule is Cc1cccc(C(Cc2cc(F)ccc2Cl)NN)c1C. The summed E-state index contributed by atoms with van der Waals surface area (Å²) in [6, 6.07) is 10.4. The Bertz CT molecular complexity index is 613. The van der Waals surface area contributed by atoms with Crippen LogP contribution >= 0.6 is 11.6 Å². The minimum Gasteiger partial charge on any atom is -0.271 e. The van der Waals surface area contributed by atoms with Crippen LogP contribution in [0.3, 0.4) is 0 Å². The molecule has 0 aliphatic heterocycles. The molecule has 4 heteroatoms. The van der Waals surface area contributed by atoms with E-state index in [9.17, 15) is 4.39 Å². The molecule has 106 valence electrons. The molecule has 0 bridgehead atoms. The molecule has 3 N–H and O–H groups in total. The summed E-state index contributed by atoms with van der Waals surface area (Å²) in [6.07, 6.45) is 0.539. The maximum atomic E-state index is 13.3. The van der Waals surface area contributed by atoms with E-state index in [0.717, 1.165) is 11.1 Å². The molecule has 0 aromatic heterocycles. The Morgan fingerprint density at radius 2 is 2.00 bits per heavy atom. The molecule has 0 heterocycles. The van der Waals surface area contributed by atoms with Crippen LogP contribution in [0.2, 0.25) is 5.02 Å². The molecular formula is C16H18ClFN2. The second-order valence-electron chi connectivity index (χ2n) is 4.95. The highest BCUT2D eigenvalue weighted by molar-refractivity contribution is 6.31. The quantitative estimate of drug-likeness (QED) is 0.664. The Morgan fingerprint density at radius 1 is 1.25 bits per heavy atom. The predicted octanol–water partition coefficient (Wildman–Crippen LogP) is 3.84. The zero-order chi connectivity index (χ0) is 14.7. The van der Waals surface area contributed by atoms with Gasteiger partial charge in [-0.2, -0.15) is 0 Å². The van der Waals surface area contributed by atoms with Gasteiger partial charge in [-0.15, -0.1) is 0 Å². The average molecular weight is 293 g/mol. The van der Waals surface area contributed by atoms with E-state index in [-0.39, 0.29) is 11.9 Å². The molecule has 0 saturated carbocycles. The van der Waals surface area contributed by atoms with Gasteiger partial charge >= 0.3 is 0 Å². The molecule has 0 aliphatic rings. The smallest absolute Gasteiger partial charge is 0.123 e. The van der Waals surface area contributed by atoms with Crippen molar-refractivity contribution in [1.82, 2.24) is 5.43 Å². The van der Waals surface area contributed by atoms with Crippen LogP contribution in [0.15, 0.2) is 36.4 Å². The van der Waals surface area contributed by atoms with Gasteiger partial charge < -0.3 is 0 Å². The molecule has 0 spiro atoms. The molecule has 2 aromatic carbocycles. The van der Waals surface area contributed by atoms with Crippen LogP contribution in [0.5, 0.6) is 0 Å². The maximum absolute atomic E-state index is 13.3. The lowest BCUT2D eigenvalue weighted by molar-refractivity contribution is 0.546. The minimum absolute atomic E-state index is 0.103. The Kier molecular flexibility index (Phi) is 4.76. The Morgan fingerprint density at radius 3 is 2.70 bits per heavy atom. The molecule has 0 amide bonds. The van der Waals surface area contributed by atoms with E-state index in [4.69, 9.17) is 17.4 Å². The van der Waals surface area contributed by atoms with Gasteiger partial charge in [0.05, 0.1) is 6.04 Å². The highest BCUT2D eigenvalue weighted by Gasteiger charge is 2.15. The maximum Gasteiger partial charge on any atom is 0.123 e. The molecular weight excluding hydrogens is 275 g/mol. The summed E-state index contributed by atoms with van der Waals surface area (Å²) in [5.41, 5.74) is 7.04. The summed E-state index contributed by atoms with van der Waals surface area (Å²) in [5.74, 6) is 5.38. The van der Waals surface area contributed by atoms with Gasteiger partial charge in [0.15, 0.2) is 0 Å². The molecule has 1 unspecified atom stereocenters. The topological polar surface area (TPSA) is 38.0 Å². The van der Waals surface area contributed by atoms with E-state index in [1.807, 2.05) is 12.1 Å². The summed E-state index contributed by atoms with van der Waals surface area (Å²) in [6.45, 7) is 4.11. The van der Waals surface area contributed by atoms with Gasteiger partial charge in [-0.1, -0.05) is 29.8 Å². The molecule has 0 aliphatic carbocycles. The zero-order valence-electron chi connectivity index (χ0n) is 11.6. The van der Waals surface area contributed by atoms with Crippen molar-refractivity contribution >= 4 is 11.6 Å². The predicted molar refractivity (Wildman–Crippen MR) is 81.1 cm³/mol. The highest BCUT2D eigenvalue weighted by Crippen LogP contribution is 2.26. The molecule has 0 fully saturated rings. The third-order valence-electron chi connectivity index (χ3n) is 3.65. The Labute approximate surface area is 123 Å². The number of hydrogen-bond acceptors (Lipinski definition) is 2. The lowest BCUT2D eigenvalue weighted by atomic mass is 9.93. The van der Waals surface area contributed by atoms with Crippen LogP contribution in [0, 0.1) is 19.7 Å². The van der Waals surface area contributed by atoms with E-state index in [1.165, 1.54) is 23.3 Å². The standard InChI is InChI=1S/C16H18ClFN2/c1-10-4-3-5-14(11(10)2)16(20-19)9-12-8-13(18)6-7-15(12)17/h3-8,16,20H,9,19H2,1-2H3. The molecule has 2 rings (SSSR count). The molecule has 0 radical (unpaired) electrons. The molecule has 2 aromatic rings. The first-order valence-corrected chi connectivity index (χ1v) is 6.87. The number of benzene rings is 2. The number of hydrogen-bond donors (Lipinski definition) is 2. The third kappa shape index (κ3) is 3.18. The van der Waals surface area contributed by atoms with Crippen molar-refractivity contribution in [1.29, 1.82) is 0 Å². The number of nitrogens with two attached hydrogens (primary N) is 1. The average Bonchev–Trinajstić information content (AvgIpc) is 2.43. The number of rotatable bonds is 4. The van der Waals surface area contributed by atoms with Gasteiger partial charge in [0, 0.05) is 5.02 Å². The molecule has 2 nitrogen and oxygen atoms in total. The van der Waals surface area contributed by atoms with E-state index in [1.54, 1.807) is 6.07 Å². The third-order valence-corrected chi connectivity index (χ3v) is 4.02. The first-order chi connectivity index (χ1) is 9.52. The van der Waals surface area contributed by atoms with Crippen LogP contribution in [-0.2, 0) is 6.42 Å². The van der Waals surface area contributed by atoms with Crippen molar-refractivity contribution in [2.24, 2.45) is 5.84 Å². The highest BCUT2D eigenvalue weighted by atomic mass is 35.5. The van der Waals surface area contributed by atoms with Gasteiger partial charge in [0.25, 0.3) is 0 Å². The monoisotopic (exact) mass is 292 g/mol. The van der Waals surface area contributed by atoms with Gasteiger partial charge in [-0.05, 0) is 60.7 Å². The van der Waals surface area contributed by atoms with E-state index in [0.29, 0.717) is 11.4 Å². The zero-order valence-corrected chi connectivity index (χ0v) is 12.3. The number of halogens is 2.